The van der Waals surface area contributed by atoms with E-state index in [2.05, 4.69) is 17.1 Å². The SMILES string of the molecule is O=S(=O)(c1ccccc1)c1ccc2c(c1)ncn2Cc1ccccc1. The van der Waals surface area contributed by atoms with Gasteiger partial charge in [0.2, 0.25) is 9.84 Å². The molecule has 1 heterocycles. The number of aromatic nitrogens is 2. The Balaban J connectivity index is 1.73. The molecule has 124 valence electrons. The standard InChI is InChI=1S/C20H16N2O2S/c23-25(24,17-9-5-2-6-10-17)18-11-12-20-19(13-18)21-15-22(20)14-16-7-3-1-4-8-16/h1-13,15H,14H2. The molecule has 1 aromatic heterocycles. The maximum atomic E-state index is 12.7. The van der Waals surface area contributed by atoms with Gasteiger partial charge in [-0.05, 0) is 35.9 Å². The van der Waals surface area contributed by atoms with Gasteiger partial charge in [0, 0.05) is 6.54 Å². The summed E-state index contributed by atoms with van der Waals surface area (Å²) in [6, 6.07) is 23.6. The van der Waals surface area contributed by atoms with Crippen LogP contribution in [0.2, 0.25) is 0 Å². The maximum Gasteiger partial charge on any atom is 0.206 e. The van der Waals surface area contributed by atoms with Crippen molar-refractivity contribution < 1.29 is 8.42 Å². The van der Waals surface area contributed by atoms with Crippen LogP contribution in [0.1, 0.15) is 5.56 Å². The number of benzene rings is 3. The first-order valence-electron chi connectivity index (χ1n) is 7.93. The molecule has 0 spiro atoms. The molecule has 0 saturated carbocycles. The summed E-state index contributed by atoms with van der Waals surface area (Å²) in [6.45, 7) is 0.697. The fourth-order valence-electron chi connectivity index (χ4n) is 2.85. The van der Waals surface area contributed by atoms with Gasteiger partial charge in [-0.3, -0.25) is 0 Å². The lowest BCUT2D eigenvalue weighted by Gasteiger charge is -2.06. The number of nitrogens with zero attached hydrogens (tertiary/aromatic N) is 2. The first kappa shape index (κ1) is 15.6. The minimum Gasteiger partial charge on any atom is -0.326 e. The Labute approximate surface area is 146 Å². The van der Waals surface area contributed by atoms with Crippen LogP contribution in [0.5, 0.6) is 0 Å². The number of rotatable bonds is 4. The van der Waals surface area contributed by atoms with Gasteiger partial charge in [-0.1, -0.05) is 48.5 Å². The maximum absolute atomic E-state index is 12.7. The molecule has 0 aliphatic rings. The fourth-order valence-corrected chi connectivity index (χ4v) is 4.15. The fraction of sp³-hybridized carbons (Fsp3) is 0.0500. The highest BCUT2D eigenvalue weighted by Gasteiger charge is 2.18. The van der Waals surface area contributed by atoms with Crippen molar-refractivity contribution in [3.8, 4) is 0 Å². The van der Waals surface area contributed by atoms with Gasteiger partial charge in [-0.2, -0.15) is 0 Å². The largest absolute Gasteiger partial charge is 0.326 e. The van der Waals surface area contributed by atoms with Gasteiger partial charge in [0.1, 0.15) is 0 Å². The van der Waals surface area contributed by atoms with E-state index in [-0.39, 0.29) is 9.79 Å². The monoisotopic (exact) mass is 348 g/mol. The van der Waals surface area contributed by atoms with E-state index < -0.39 is 9.84 Å². The van der Waals surface area contributed by atoms with E-state index in [9.17, 15) is 8.42 Å². The lowest BCUT2D eigenvalue weighted by molar-refractivity contribution is 0.596. The van der Waals surface area contributed by atoms with Crippen molar-refractivity contribution in [3.05, 3.63) is 90.8 Å². The Hall–Kier alpha value is -2.92. The highest BCUT2D eigenvalue weighted by Crippen LogP contribution is 2.24. The van der Waals surface area contributed by atoms with E-state index in [4.69, 9.17) is 0 Å². The number of fused-ring (bicyclic) bond motifs is 1. The lowest BCUT2D eigenvalue weighted by Crippen LogP contribution is -2.02. The summed E-state index contributed by atoms with van der Waals surface area (Å²) < 4.78 is 27.5. The van der Waals surface area contributed by atoms with Crippen LogP contribution in [0.4, 0.5) is 0 Å². The topological polar surface area (TPSA) is 52.0 Å². The summed E-state index contributed by atoms with van der Waals surface area (Å²) in [5.74, 6) is 0. The van der Waals surface area contributed by atoms with E-state index in [1.54, 1.807) is 48.8 Å². The van der Waals surface area contributed by atoms with Gasteiger partial charge in [-0.15, -0.1) is 0 Å². The average molecular weight is 348 g/mol. The molecule has 0 fully saturated rings. The van der Waals surface area contributed by atoms with Crippen LogP contribution in [0.15, 0.2) is 95.0 Å². The van der Waals surface area contributed by atoms with Crippen molar-refractivity contribution in [2.45, 2.75) is 16.3 Å². The summed E-state index contributed by atoms with van der Waals surface area (Å²) in [5.41, 5.74) is 2.76. The van der Waals surface area contributed by atoms with Crippen LogP contribution in [0.3, 0.4) is 0 Å². The third-order valence-corrected chi connectivity index (χ3v) is 5.92. The van der Waals surface area contributed by atoms with Crippen molar-refractivity contribution in [1.82, 2.24) is 9.55 Å². The highest BCUT2D eigenvalue weighted by molar-refractivity contribution is 7.91. The molecule has 25 heavy (non-hydrogen) atoms. The second-order valence-electron chi connectivity index (χ2n) is 5.83. The van der Waals surface area contributed by atoms with Gasteiger partial charge < -0.3 is 4.57 Å². The van der Waals surface area contributed by atoms with E-state index in [1.807, 2.05) is 28.8 Å². The van der Waals surface area contributed by atoms with E-state index in [0.717, 1.165) is 5.52 Å². The quantitative estimate of drug-likeness (QED) is 0.562. The van der Waals surface area contributed by atoms with Gasteiger partial charge in [0.15, 0.2) is 0 Å². The Kier molecular flexibility index (Phi) is 3.86. The normalized spacial score (nSPS) is 11.7. The zero-order valence-corrected chi connectivity index (χ0v) is 14.2. The summed E-state index contributed by atoms with van der Waals surface area (Å²) in [4.78, 5) is 4.93. The van der Waals surface area contributed by atoms with E-state index >= 15 is 0 Å². The van der Waals surface area contributed by atoms with Crippen LogP contribution in [0, 0.1) is 0 Å². The molecule has 0 amide bonds. The van der Waals surface area contributed by atoms with Crippen LogP contribution < -0.4 is 0 Å². The summed E-state index contributed by atoms with van der Waals surface area (Å²) in [7, 11) is -3.53. The molecular weight excluding hydrogens is 332 g/mol. The van der Waals surface area contributed by atoms with E-state index in [0.29, 0.717) is 12.1 Å². The summed E-state index contributed by atoms with van der Waals surface area (Å²) in [6.07, 6.45) is 1.75. The summed E-state index contributed by atoms with van der Waals surface area (Å²) >= 11 is 0. The lowest BCUT2D eigenvalue weighted by atomic mass is 10.2. The third kappa shape index (κ3) is 2.94. The predicted molar refractivity (Wildman–Crippen MR) is 97.2 cm³/mol. The Morgan fingerprint density at radius 1 is 0.800 bits per heavy atom. The molecule has 3 aromatic carbocycles. The summed E-state index contributed by atoms with van der Waals surface area (Å²) in [5, 5.41) is 0. The second kappa shape index (κ2) is 6.18. The molecule has 4 rings (SSSR count). The molecular formula is C20H16N2O2S. The van der Waals surface area contributed by atoms with Crippen molar-refractivity contribution in [2.75, 3.05) is 0 Å². The highest BCUT2D eigenvalue weighted by atomic mass is 32.2. The van der Waals surface area contributed by atoms with Crippen LogP contribution in [-0.4, -0.2) is 18.0 Å². The van der Waals surface area contributed by atoms with Crippen molar-refractivity contribution in [1.29, 1.82) is 0 Å². The van der Waals surface area contributed by atoms with E-state index in [1.165, 1.54) is 5.56 Å². The van der Waals surface area contributed by atoms with Gasteiger partial charge in [-0.25, -0.2) is 13.4 Å². The molecule has 4 aromatic rings. The van der Waals surface area contributed by atoms with Gasteiger partial charge >= 0.3 is 0 Å². The molecule has 0 unspecified atom stereocenters. The predicted octanol–water partition coefficient (Wildman–Crippen LogP) is 3.92. The number of hydrogen-bond acceptors (Lipinski definition) is 3. The first-order valence-corrected chi connectivity index (χ1v) is 9.42. The minimum atomic E-state index is -3.53. The Morgan fingerprint density at radius 3 is 2.20 bits per heavy atom. The number of hydrogen-bond donors (Lipinski definition) is 0. The zero-order chi connectivity index (χ0) is 17.3. The number of imidazole rings is 1. The molecule has 0 N–H and O–H groups in total. The van der Waals surface area contributed by atoms with Crippen LogP contribution in [-0.2, 0) is 16.4 Å². The van der Waals surface area contributed by atoms with Gasteiger partial charge in [0.05, 0.1) is 27.2 Å². The molecule has 0 atom stereocenters. The molecule has 0 bridgehead atoms. The van der Waals surface area contributed by atoms with Crippen molar-refractivity contribution in [2.24, 2.45) is 0 Å². The third-order valence-electron chi connectivity index (χ3n) is 4.15. The minimum absolute atomic E-state index is 0.260. The molecule has 0 radical (unpaired) electrons. The molecule has 5 heteroatoms. The smallest absolute Gasteiger partial charge is 0.206 e. The molecule has 0 aliphatic carbocycles. The zero-order valence-electron chi connectivity index (χ0n) is 13.4. The first-order chi connectivity index (χ1) is 12.1. The second-order valence-corrected chi connectivity index (χ2v) is 7.77. The Morgan fingerprint density at radius 2 is 1.48 bits per heavy atom. The van der Waals surface area contributed by atoms with Crippen molar-refractivity contribution in [3.63, 3.8) is 0 Å². The Bertz CT molecular complexity index is 1120. The molecule has 0 aliphatic heterocycles. The molecule has 4 nitrogen and oxygen atoms in total. The number of sulfone groups is 1. The molecule has 0 saturated heterocycles. The average Bonchev–Trinajstić information content (AvgIpc) is 3.05. The van der Waals surface area contributed by atoms with Crippen molar-refractivity contribution >= 4 is 20.9 Å². The van der Waals surface area contributed by atoms with Crippen LogP contribution >= 0.6 is 0 Å². The van der Waals surface area contributed by atoms with Gasteiger partial charge in [0.25, 0.3) is 0 Å². The van der Waals surface area contributed by atoms with Crippen LogP contribution in [0.25, 0.3) is 11.0 Å².